The number of hydrogen-bond donors (Lipinski definition) is 1. The zero-order valence-corrected chi connectivity index (χ0v) is 24.4. The molecule has 0 aliphatic heterocycles. The third-order valence-corrected chi connectivity index (χ3v) is 8.27. The fourth-order valence-corrected chi connectivity index (χ4v) is 6.21. The summed E-state index contributed by atoms with van der Waals surface area (Å²) in [7, 11) is 0. The van der Waals surface area contributed by atoms with Crippen LogP contribution in [-0.4, -0.2) is 42.6 Å². The number of rotatable bonds is 9. The fourth-order valence-electron chi connectivity index (χ4n) is 6.21. The average Bonchev–Trinajstić information content (AvgIpc) is 3.36. The first-order valence-corrected chi connectivity index (χ1v) is 14.6. The van der Waals surface area contributed by atoms with E-state index >= 15 is 0 Å². The predicted molar refractivity (Wildman–Crippen MR) is 159 cm³/mol. The van der Waals surface area contributed by atoms with Gasteiger partial charge in [0.1, 0.15) is 5.82 Å². The van der Waals surface area contributed by atoms with Crippen molar-refractivity contribution in [2.75, 3.05) is 6.61 Å². The Bertz CT molecular complexity index is 1620. The fraction of sp³-hybridized carbons (Fsp3) is 0.455. The minimum absolute atomic E-state index is 0.0137. The topological polar surface area (TPSA) is 105 Å². The summed E-state index contributed by atoms with van der Waals surface area (Å²) >= 11 is 0. The number of benzene rings is 2. The van der Waals surface area contributed by atoms with Gasteiger partial charge in [-0.3, -0.25) is 9.36 Å². The Labute approximate surface area is 241 Å². The molecule has 1 unspecified atom stereocenters. The molecule has 1 saturated carbocycles. The molecule has 0 radical (unpaired) electrons. The molecular formula is C33H39N5O3. The van der Waals surface area contributed by atoms with Gasteiger partial charge < -0.3 is 9.84 Å². The summed E-state index contributed by atoms with van der Waals surface area (Å²) in [5.41, 5.74) is 4.61. The summed E-state index contributed by atoms with van der Waals surface area (Å²) in [5.74, 6) is 1.22. The minimum Gasteiger partial charge on any atom is -0.394 e. The van der Waals surface area contributed by atoms with E-state index in [2.05, 4.69) is 19.9 Å². The van der Waals surface area contributed by atoms with Crippen molar-refractivity contribution in [1.29, 1.82) is 5.26 Å². The van der Waals surface area contributed by atoms with Gasteiger partial charge in [0, 0.05) is 18.0 Å². The third kappa shape index (κ3) is 5.83. The van der Waals surface area contributed by atoms with E-state index in [-0.39, 0.29) is 29.9 Å². The van der Waals surface area contributed by atoms with E-state index in [1.54, 1.807) is 0 Å². The molecule has 2 heterocycles. The van der Waals surface area contributed by atoms with Crippen LogP contribution in [0.5, 0.6) is 0 Å². The minimum atomic E-state index is -0.332. The van der Waals surface area contributed by atoms with Gasteiger partial charge in [0.2, 0.25) is 5.78 Å². The van der Waals surface area contributed by atoms with Crippen molar-refractivity contribution in [3.05, 3.63) is 87.1 Å². The highest BCUT2D eigenvalue weighted by Crippen LogP contribution is 2.38. The normalized spacial score (nSPS) is 19.8. The van der Waals surface area contributed by atoms with E-state index in [9.17, 15) is 15.2 Å². The number of aliphatic hydroxyl groups excluding tert-OH is 1. The van der Waals surface area contributed by atoms with Crippen LogP contribution in [-0.2, 0) is 17.6 Å². The Balaban J connectivity index is 1.56. The number of aliphatic hydroxyl groups is 1. The number of fused-ring (bicyclic) bond motifs is 1. The Morgan fingerprint density at radius 1 is 1.20 bits per heavy atom. The first-order chi connectivity index (χ1) is 19.8. The van der Waals surface area contributed by atoms with Gasteiger partial charge in [-0.05, 0) is 75.6 Å². The van der Waals surface area contributed by atoms with Crippen LogP contribution in [0.1, 0.15) is 87.1 Å². The molecule has 214 valence electrons. The highest BCUT2D eigenvalue weighted by atomic mass is 16.5. The molecule has 0 spiro atoms. The maximum absolute atomic E-state index is 14.4. The summed E-state index contributed by atoms with van der Waals surface area (Å²) in [6.45, 7) is 7.92. The van der Waals surface area contributed by atoms with E-state index in [1.165, 1.54) is 0 Å². The molecule has 41 heavy (non-hydrogen) atoms. The number of nitriles is 1. The molecular weight excluding hydrogens is 514 g/mol. The van der Waals surface area contributed by atoms with Crippen LogP contribution in [0.2, 0.25) is 0 Å². The maximum atomic E-state index is 14.4. The number of aryl methyl sites for hydroxylation is 2. The van der Waals surface area contributed by atoms with Crippen LogP contribution >= 0.6 is 0 Å². The lowest BCUT2D eigenvalue weighted by atomic mass is 9.83. The largest absolute Gasteiger partial charge is 0.394 e. The second kappa shape index (κ2) is 12.0. The first-order valence-electron chi connectivity index (χ1n) is 14.6. The molecule has 1 aliphatic rings. The summed E-state index contributed by atoms with van der Waals surface area (Å²) in [6, 6.07) is 18.1. The van der Waals surface area contributed by atoms with Gasteiger partial charge in [0.15, 0.2) is 0 Å². The van der Waals surface area contributed by atoms with E-state index in [1.807, 2.05) is 71.5 Å². The lowest BCUT2D eigenvalue weighted by Gasteiger charge is -2.39. The maximum Gasteiger partial charge on any atom is 0.259 e. The number of ether oxygens (including phenoxy) is 1. The van der Waals surface area contributed by atoms with Crippen LogP contribution < -0.4 is 5.56 Å². The van der Waals surface area contributed by atoms with Crippen LogP contribution in [0, 0.1) is 18.3 Å². The van der Waals surface area contributed by atoms with Crippen LogP contribution in [0.3, 0.4) is 0 Å². The van der Waals surface area contributed by atoms with Crippen molar-refractivity contribution in [3.63, 3.8) is 0 Å². The zero-order chi connectivity index (χ0) is 29.1. The van der Waals surface area contributed by atoms with Crippen molar-refractivity contribution in [2.24, 2.45) is 0 Å². The van der Waals surface area contributed by atoms with E-state index in [4.69, 9.17) is 14.8 Å². The van der Waals surface area contributed by atoms with Gasteiger partial charge in [-0.15, -0.1) is 0 Å². The molecule has 0 amide bonds. The van der Waals surface area contributed by atoms with Crippen LogP contribution in [0.15, 0.2) is 53.3 Å². The number of hydrogen-bond acceptors (Lipinski definition) is 6. The van der Waals surface area contributed by atoms with Crippen LogP contribution in [0.25, 0.3) is 16.9 Å². The van der Waals surface area contributed by atoms with Gasteiger partial charge in [-0.1, -0.05) is 55.8 Å². The lowest BCUT2D eigenvalue weighted by Crippen LogP contribution is -2.41. The molecule has 0 bridgehead atoms. The van der Waals surface area contributed by atoms with E-state index < -0.39 is 0 Å². The zero-order valence-electron chi connectivity index (χ0n) is 24.4. The van der Waals surface area contributed by atoms with Crippen molar-refractivity contribution in [2.45, 2.75) is 90.4 Å². The molecule has 1 N–H and O–H groups in total. The Kier molecular flexibility index (Phi) is 8.39. The quantitative estimate of drug-likeness (QED) is 0.291. The van der Waals surface area contributed by atoms with Gasteiger partial charge >= 0.3 is 0 Å². The van der Waals surface area contributed by atoms with Gasteiger partial charge in [0.05, 0.1) is 35.6 Å². The molecule has 8 nitrogen and oxygen atoms in total. The molecule has 1 fully saturated rings. The van der Waals surface area contributed by atoms with Crippen molar-refractivity contribution >= 4 is 5.78 Å². The van der Waals surface area contributed by atoms with Crippen molar-refractivity contribution < 1.29 is 9.84 Å². The number of nitrogens with zero attached hydrogens (tertiary/aromatic N) is 5. The van der Waals surface area contributed by atoms with Crippen LogP contribution in [0.4, 0.5) is 0 Å². The predicted octanol–water partition coefficient (Wildman–Crippen LogP) is 5.55. The summed E-state index contributed by atoms with van der Waals surface area (Å²) in [6.07, 6.45) is 4.86. The summed E-state index contributed by atoms with van der Waals surface area (Å²) < 4.78 is 9.88. The summed E-state index contributed by atoms with van der Waals surface area (Å²) in [5, 5.41) is 24.2. The first kappa shape index (κ1) is 28.7. The Morgan fingerprint density at radius 3 is 2.59 bits per heavy atom. The van der Waals surface area contributed by atoms with Crippen molar-refractivity contribution in [1.82, 2.24) is 19.2 Å². The third-order valence-electron chi connectivity index (χ3n) is 8.27. The Hall–Kier alpha value is -3.80. The van der Waals surface area contributed by atoms with Crippen molar-refractivity contribution in [3.8, 4) is 17.2 Å². The van der Waals surface area contributed by atoms with Gasteiger partial charge in [-0.25, -0.2) is 4.52 Å². The molecule has 1 aliphatic carbocycles. The Morgan fingerprint density at radius 2 is 1.93 bits per heavy atom. The molecule has 8 heteroatoms. The van der Waals surface area contributed by atoms with Gasteiger partial charge in [0.25, 0.3) is 5.56 Å². The van der Waals surface area contributed by atoms with Gasteiger partial charge in [-0.2, -0.15) is 15.3 Å². The molecule has 1 atom stereocenters. The van der Waals surface area contributed by atoms with E-state index in [0.29, 0.717) is 35.6 Å². The SMILES string of the molecule is CCCc1c(Cc2ccc(-c3ccccc3)c(C#N)c2)c(=O)n(C2CCC(C)(OC(C)CO)CC2)c2nc(C)nn12. The smallest absolute Gasteiger partial charge is 0.259 e. The molecule has 2 aromatic heterocycles. The molecule has 4 aromatic rings. The molecule has 0 saturated heterocycles. The second-order valence-corrected chi connectivity index (χ2v) is 11.5. The standard InChI is InChI=1S/C33H39N5O3/c1-5-9-30-29(19-24-12-13-28(26(18-24)20-34)25-10-7-6-8-11-25)31(40)37(32-35-23(3)36-38(30)32)27-14-16-33(4,17-15-27)41-22(2)21-39/h6-8,10-13,18,22,27,39H,5,9,14-17,19,21H2,1-4H3. The monoisotopic (exact) mass is 553 g/mol. The average molecular weight is 554 g/mol. The molecule has 5 rings (SSSR count). The summed E-state index contributed by atoms with van der Waals surface area (Å²) in [4.78, 5) is 19.1. The number of aromatic nitrogens is 4. The second-order valence-electron chi connectivity index (χ2n) is 11.5. The highest BCUT2D eigenvalue weighted by molar-refractivity contribution is 5.71. The molecule has 2 aromatic carbocycles. The lowest BCUT2D eigenvalue weighted by molar-refractivity contribution is -0.114. The highest BCUT2D eigenvalue weighted by Gasteiger charge is 2.35. The van der Waals surface area contributed by atoms with E-state index in [0.717, 1.165) is 54.5 Å².